The van der Waals surface area contributed by atoms with Crippen molar-refractivity contribution in [1.29, 1.82) is 0 Å². The summed E-state index contributed by atoms with van der Waals surface area (Å²) in [6.45, 7) is 7.94. The van der Waals surface area contributed by atoms with E-state index in [2.05, 4.69) is 27.8 Å². The molecule has 3 N–H and O–H groups in total. The Balaban J connectivity index is 2.00. The van der Waals surface area contributed by atoms with E-state index < -0.39 is 5.54 Å². The number of nitrogens with two attached hydrogens (primary N) is 1. The van der Waals surface area contributed by atoms with Crippen molar-refractivity contribution in [1.82, 2.24) is 25.5 Å². The van der Waals surface area contributed by atoms with Crippen LogP contribution in [0.3, 0.4) is 0 Å². The molecule has 1 saturated carbocycles. The van der Waals surface area contributed by atoms with E-state index in [1.807, 2.05) is 25.5 Å². The highest BCUT2D eigenvalue weighted by molar-refractivity contribution is 7.99. The molecule has 2 rings (SSSR count). The largest absolute Gasteiger partial charge is 0.368 e. The first-order chi connectivity index (χ1) is 9.82. The number of amides is 1. The molecule has 0 aliphatic heterocycles. The smallest absolute Gasteiger partial charge is 0.237 e. The van der Waals surface area contributed by atoms with Crippen LogP contribution in [0.15, 0.2) is 5.16 Å². The fraction of sp³-hybridized carbons (Fsp3) is 0.846. The second-order valence-corrected chi connectivity index (χ2v) is 7.67. The van der Waals surface area contributed by atoms with Gasteiger partial charge in [-0.15, -0.1) is 5.10 Å². The Morgan fingerprint density at radius 1 is 1.52 bits per heavy atom. The van der Waals surface area contributed by atoms with Gasteiger partial charge in [0, 0.05) is 11.3 Å². The van der Waals surface area contributed by atoms with Gasteiger partial charge in [0.1, 0.15) is 0 Å². The summed E-state index contributed by atoms with van der Waals surface area (Å²) in [6.07, 6.45) is 2.91. The summed E-state index contributed by atoms with van der Waals surface area (Å²) in [7, 11) is 0. The lowest BCUT2D eigenvalue weighted by atomic mass is 9.94. The lowest BCUT2D eigenvalue weighted by Gasteiger charge is -2.31. The highest BCUT2D eigenvalue weighted by atomic mass is 32.2. The van der Waals surface area contributed by atoms with Gasteiger partial charge < -0.3 is 11.1 Å². The van der Waals surface area contributed by atoms with Crippen LogP contribution < -0.4 is 11.1 Å². The highest BCUT2D eigenvalue weighted by Crippen LogP contribution is 2.37. The van der Waals surface area contributed by atoms with Crippen molar-refractivity contribution in [2.45, 2.75) is 75.0 Å². The van der Waals surface area contributed by atoms with Crippen molar-refractivity contribution in [3.63, 3.8) is 0 Å². The molecule has 0 bridgehead atoms. The molecule has 0 radical (unpaired) electrons. The van der Waals surface area contributed by atoms with Crippen LogP contribution in [0.5, 0.6) is 0 Å². The fourth-order valence-electron chi connectivity index (χ4n) is 2.48. The van der Waals surface area contributed by atoms with Gasteiger partial charge in [-0.2, -0.15) is 0 Å². The average Bonchev–Trinajstić information content (AvgIpc) is 3.09. The minimum absolute atomic E-state index is 0.178. The summed E-state index contributed by atoms with van der Waals surface area (Å²) in [4.78, 5) is 11.8. The molecular weight excluding hydrogens is 288 g/mol. The number of tetrazole rings is 1. The van der Waals surface area contributed by atoms with E-state index in [0.717, 1.165) is 18.0 Å². The first kappa shape index (κ1) is 16.2. The van der Waals surface area contributed by atoms with E-state index in [4.69, 9.17) is 5.73 Å². The molecule has 1 aliphatic carbocycles. The molecule has 1 aromatic heterocycles. The van der Waals surface area contributed by atoms with Gasteiger partial charge in [0.05, 0.1) is 11.6 Å². The molecule has 0 spiro atoms. The Bertz CT molecular complexity index is 501. The third kappa shape index (κ3) is 4.16. The van der Waals surface area contributed by atoms with Crippen LogP contribution >= 0.6 is 11.8 Å². The standard InChI is InChI=1S/C13H24N6OS/c1-8(2)15-13(4,11(14)20)7-9(3)21-12-16-17-18-19(12)10-5-6-10/h8-10,15H,5-7H2,1-4H3,(H2,14,20). The Labute approximate surface area is 129 Å². The first-order valence-electron chi connectivity index (χ1n) is 7.34. The molecule has 1 aromatic rings. The highest BCUT2D eigenvalue weighted by Gasteiger charge is 2.35. The Morgan fingerprint density at radius 2 is 2.19 bits per heavy atom. The van der Waals surface area contributed by atoms with Crippen LogP contribution in [0.25, 0.3) is 0 Å². The van der Waals surface area contributed by atoms with E-state index in [1.54, 1.807) is 11.8 Å². The maximum absolute atomic E-state index is 11.8. The molecule has 118 valence electrons. The summed E-state index contributed by atoms with van der Waals surface area (Å²) in [5.74, 6) is -0.328. The third-order valence-corrected chi connectivity index (χ3v) is 4.56. The van der Waals surface area contributed by atoms with Gasteiger partial charge in [-0.3, -0.25) is 4.79 Å². The SMILES string of the molecule is CC(C)NC(C)(CC(C)Sc1nnnn1C1CC1)C(N)=O. The monoisotopic (exact) mass is 312 g/mol. The molecule has 1 heterocycles. The zero-order chi connectivity index (χ0) is 15.6. The summed E-state index contributed by atoms with van der Waals surface area (Å²) in [6, 6.07) is 0.641. The van der Waals surface area contributed by atoms with Crippen LogP contribution in [0.1, 0.15) is 53.0 Å². The van der Waals surface area contributed by atoms with Gasteiger partial charge in [-0.25, -0.2) is 4.68 Å². The molecule has 2 unspecified atom stereocenters. The number of primary amides is 1. The van der Waals surface area contributed by atoms with E-state index in [1.165, 1.54) is 0 Å². The Hall–Kier alpha value is -1.15. The summed E-state index contributed by atoms with van der Waals surface area (Å²) in [5.41, 5.74) is 4.85. The number of hydrogen-bond donors (Lipinski definition) is 2. The number of nitrogens with one attached hydrogen (secondary N) is 1. The molecule has 2 atom stereocenters. The topological polar surface area (TPSA) is 98.7 Å². The van der Waals surface area contributed by atoms with Gasteiger partial charge in [-0.05, 0) is 50.5 Å². The van der Waals surface area contributed by atoms with Gasteiger partial charge in [0.15, 0.2) is 0 Å². The minimum atomic E-state index is -0.724. The number of carbonyl (C=O) groups is 1. The number of carbonyl (C=O) groups excluding carboxylic acids is 1. The van der Waals surface area contributed by atoms with E-state index in [0.29, 0.717) is 12.5 Å². The van der Waals surface area contributed by atoms with Crippen LogP contribution in [0.4, 0.5) is 0 Å². The molecule has 0 aromatic carbocycles. The molecule has 1 amide bonds. The zero-order valence-corrected chi connectivity index (χ0v) is 13.9. The molecule has 21 heavy (non-hydrogen) atoms. The van der Waals surface area contributed by atoms with Crippen molar-refractivity contribution < 1.29 is 4.79 Å². The van der Waals surface area contributed by atoms with Gasteiger partial charge in [0.2, 0.25) is 11.1 Å². The predicted octanol–water partition coefficient (Wildman–Crippen LogP) is 1.12. The molecule has 8 heteroatoms. The van der Waals surface area contributed by atoms with Crippen molar-refractivity contribution in [2.75, 3.05) is 0 Å². The average molecular weight is 312 g/mol. The Morgan fingerprint density at radius 3 is 2.71 bits per heavy atom. The van der Waals surface area contributed by atoms with Crippen molar-refractivity contribution in [2.24, 2.45) is 5.73 Å². The van der Waals surface area contributed by atoms with E-state index in [9.17, 15) is 4.79 Å². The van der Waals surface area contributed by atoms with E-state index >= 15 is 0 Å². The van der Waals surface area contributed by atoms with Crippen molar-refractivity contribution in [3.8, 4) is 0 Å². The van der Waals surface area contributed by atoms with Gasteiger partial charge >= 0.3 is 0 Å². The maximum Gasteiger partial charge on any atom is 0.237 e. The first-order valence-corrected chi connectivity index (χ1v) is 8.22. The number of hydrogen-bond acceptors (Lipinski definition) is 6. The number of aromatic nitrogens is 4. The Kier molecular flexibility index (Phi) is 4.88. The van der Waals surface area contributed by atoms with Gasteiger partial charge in [0.25, 0.3) is 0 Å². The molecule has 7 nitrogen and oxygen atoms in total. The van der Waals surface area contributed by atoms with Gasteiger partial charge in [-0.1, -0.05) is 18.7 Å². The van der Waals surface area contributed by atoms with Crippen molar-refractivity contribution >= 4 is 17.7 Å². The minimum Gasteiger partial charge on any atom is -0.368 e. The lowest BCUT2D eigenvalue weighted by molar-refractivity contribution is -0.124. The zero-order valence-electron chi connectivity index (χ0n) is 13.0. The predicted molar refractivity (Wildman–Crippen MR) is 81.9 cm³/mol. The van der Waals surface area contributed by atoms with Crippen LogP contribution in [0.2, 0.25) is 0 Å². The van der Waals surface area contributed by atoms with Crippen LogP contribution in [0, 0.1) is 0 Å². The maximum atomic E-state index is 11.8. The summed E-state index contributed by atoms with van der Waals surface area (Å²) < 4.78 is 1.89. The molecular formula is C13H24N6OS. The molecule has 1 fully saturated rings. The second kappa shape index (κ2) is 6.31. The normalized spacial score (nSPS) is 19.5. The molecule has 0 saturated heterocycles. The lowest BCUT2D eigenvalue weighted by Crippen LogP contribution is -2.56. The number of thioether (sulfide) groups is 1. The summed E-state index contributed by atoms with van der Waals surface area (Å²) in [5, 5.41) is 16.1. The number of nitrogens with zero attached hydrogens (tertiary/aromatic N) is 4. The third-order valence-electron chi connectivity index (χ3n) is 3.51. The van der Waals surface area contributed by atoms with Crippen LogP contribution in [-0.2, 0) is 4.79 Å². The fourth-order valence-corrected chi connectivity index (χ4v) is 3.63. The second-order valence-electron chi connectivity index (χ2n) is 6.27. The van der Waals surface area contributed by atoms with Crippen LogP contribution in [-0.4, -0.2) is 42.9 Å². The molecule has 1 aliphatic rings. The summed E-state index contributed by atoms with van der Waals surface area (Å²) >= 11 is 1.60. The number of rotatable bonds is 8. The van der Waals surface area contributed by atoms with E-state index in [-0.39, 0.29) is 17.2 Å². The van der Waals surface area contributed by atoms with Crippen molar-refractivity contribution in [3.05, 3.63) is 0 Å². The quantitative estimate of drug-likeness (QED) is 0.698.